The van der Waals surface area contributed by atoms with Crippen LogP contribution in [-0.4, -0.2) is 17.9 Å². The van der Waals surface area contributed by atoms with Gasteiger partial charge in [0.2, 0.25) is 0 Å². The van der Waals surface area contributed by atoms with Crippen molar-refractivity contribution in [2.45, 2.75) is 13.5 Å². The van der Waals surface area contributed by atoms with Gasteiger partial charge in [0, 0.05) is 27.3 Å². The van der Waals surface area contributed by atoms with Crippen molar-refractivity contribution in [3.05, 3.63) is 56.2 Å². The molecule has 1 aromatic carbocycles. The number of aryl methyl sites for hydroxylation is 1. The van der Waals surface area contributed by atoms with Gasteiger partial charge in [0.15, 0.2) is 0 Å². The van der Waals surface area contributed by atoms with Crippen LogP contribution in [0.15, 0.2) is 40.2 Å². The zero-order chi connectivity index (χ0) is 13.1. The smallest absolute Gasteiger partial charge is 0.253 e. The molecule has 0 unspecified atom stereocenters. The zero-order valence-electron chi connectivity index (χ0n) is 10.3. The van der Waals surface area contributed by atoms with E-state index in [0.29, 0.717) is 6.54 Å². The minimum atomic E-state index is 0.0551. The summed E-state index contributed by atoms with van der Waals surface area (Å²) in [5.41, 5.74) is 1.90. The van der Waals surface area contributed by atoms with Gasteiger partial charge in [-0.1, -0.05) is 17.7 Å². The SMILES string of the molecule is Cc1ccc(C(=O)N(C)Cc2cc(Br)cs2)cc1. The molecule has 0 radical (unpaired) electrons. The van der Waals surface area contributed by atoms with Gasteiger partial charge >= 0.3 is 0 Å². The fourth-order valence-electron chi connectivity index (χ4n) is 1.66. The van der Waals surface area contributed by atoms with E-state index in [1.54, 1.807) is 16.2 Å². The predicted octanol–water partition coefficient (Wildman–Crippen LogP) is 4.09. The maximum Gasteiger partial charge on any atom is 0.253 e. The number of thiophene rings is 1. The molecule has 2 nitrogen and oxygen atoms in total. The molecule has 0 saturated carbocycles. The molecule has 1 amide bonds. The van der Waals surface area contributed by atoms with Crippen LogP contribution in [0.3, 0.4) is 0 Å². The van der Waals surface area contributed by atoms with Crippen molar-refractivity contribution in [3.63, 3.8) is 0 Å². The topological polar surface area (TPSA) is 20.3 Å². The molecule has 0 aliphatic heterocycles. The molecular formula is C14H14BrNOS. The molecule has 4 heteroatoms. The Morgan fingerprint density at radius 3 is 2.56 bits per heavy atom. The van der Waals surface area contributed by atoms with Gasteiger partial charge in [-0.15, -0.1) is 11.3 Å². The molecule has 94 valence electrons. The van der Waals surface area contributed by atoms with Crippen LogP contribution in [0.5, 0.6) is 0 Å². The largest absolute Gasteiger partial charge is 0.337 e. The van der Waals surface area contributed by atoms with E-state index < -0.39 is 0 Å². The monoisotopic (exact) mass is 323 g/mol. The minimum absolute atomic E-state index is 0.0551. The third kappa shape index (κ3) is 3.21. The molecule has 0 saturated heterocycles. The van der Waals surface area contributed by atoms with Gasteiger partial charge in [0.05, 0.1) is 6.54 Å². The molecule has 0 aliphatic carbocycles. The van der Waals surface area contributed by atoms with Crippen molar-refractivity contribution >= 4 is 33.2 Å². The Kier molecular flexibility index (Phi) is 4.19. The van der Waals surface area contributed by atoms with E-state index in [0.717, 1.165) is 15.6 Å². The second kappa shape index (κ2) is 5.67. The molecule has 0 fully saturated rings. The average molecular weight is 324 g/mol. The Morgan fingerprint density at radius 1 is 1.33 bits per heavy atom. The lowest BCUT2D eigenvalue weighted by atomic mass is 10.1. The van der Waals surface area contributed by atoms with Crippen molar-refractivity contribution in [2.75, 3.05) is 7.05 Å². The van der Waals surface area contributed by atoms with Gasteiger partial charge < -0.3 is 4.90 Å². The van der Waals surface area contributed by atoms with Crippen LogP contribution in [-0.2, 0) is 6.54 Å². The first-order chi connectivity index (χ1) is 8.56. The van der Waals surface area contributed by atoms with Crippen molar-refractivity contribution in [2.24, 2.45) is 0 Å². The number of rotatable bonds is 3. The van der Waals surface area contributed by atoms with E-state index in [4.69, 9.17) is 0 Å². The second-order valence-corrected chi connectivity index (χ2v) is 6.17. The van der Waals surface area contributed by atoms with Crippen LogP contribution in [0.25, 0.3) is 0 Å². The van der Waals surface area contributed by atoms with Gasteiger partial charge in [0.25, 0.3) is 5.91 Å². The first kappa shape index (κ1) is 13.3. The molecule has 0 N–H and O–H groups in total. The summed E-state index contributed by atoms with van der Waals surface area (Å²) in [6.07, 6.45) is 0. The Labute approximate surface area is 119 Å². The highest BCUT2D eigenvalue weighted by molar-refractivity contribution is 9.10. The maximum atomic E-state index is 12.2. The number of hydrogen-bond donors (Lipinski definition) is 0. The summed E-state index contributed by atoms with van der Waals surface area (Å²) in [6, 6.07) is 9.71. The number of halogens is 1. The van der Waals surface area contributed by atoms with Gasteiger partial charge in [0.1, 0.15) is 0 Å². The summed E-state index contributed by atoms with van der Waals surface area (Å²) >= 11 is 5.07. The average Bonchev–Trinajstić information content (AvgIpc) is 2.75. The Hall–Kier alpha value is -1.13. The molecule has 0 spiro atoms. The molecule has 0 atom stereocenters. The quantitative estimate of drug-likeness (QED) is 0.833. The normalized spacial score (nSPS) is 10.4. The minimum Gasteiger partial charge on any atom is -0.337 e. The molecular weight excluding hydrogens is 310 g/mol. The summed E-state index contributed by atoms with van der Waals surface area (Å²) < 4.78 is 1.07. The molecule has 2 rings (SSSR count). The van der Waals surface area contributed by atoms with E-state index >= 15 is 0 Å². The van der Waals surface area contributed by atoms with E-state index in [1.165, 1.54) is 4.88 Å². The first-order valence-electron chi connectivity index (χ1n) is 5.61. The number of benzene rings is 1. The molecule has 1 aromatic heterocycles. The van der Waals surface area contributed by atoms with Crippen LogP contribution in [0.4, 0.5) is 0 Å². The Bertz CT molecular complexity index is 547. The molecule has 0 aliphatic rings. The molecule has 0 bridgehead atoms. The highest BCUT2D eigenvalue weighted by Crippen LogP contribution is 2.21. The lowest BCUT2D eigenvalue weighted by Gasteiger charge is -2.16. The highest BCUT2D eigenvalue weighted by Gasteiger charge is 2.12. The zero-order valence-corrected chi connectivity index (χ0v) is 12.7. The summed E-state index contributed by atoms with van der Waals surface area (Å²) in [4.78, 5) is 15.1. The lowest BCUT2D eigenvalue weighted by molar-refractivity contribution is 0.0786. The van der Waals surface area contributed by atoms with Gasteiger partial charge in [-0.05, 0) is 41.1 Å². The fraction of sp³-hybridized carbons (Fsp3) is 0.214. The first-order valence-corrected chi connectivity index (χ1v) is 7.28. The van der Waals surface area contributed by atoms with Crippen LogP contribution in [0, 0.1) is 6.92 Å². The van der Waals surface area contributed by atoms with Crippen LogP contribution in [0.1, 0.15) is 20.8 Å². The number of nitrogens with zero attached hydrogens (tertiary/aromatic N) is 1. The van der Waals surface area contributed by atoms with Gasteiger partial charge in [-0.2, -0.15) is 0 Å². The van der Waals surface area contributed by atoms with Gasteiger partial charge in [-0.3, -0.25) is 4.79 Å². The number of hydrogen-bond acceptors (Lipinski definition) is 2. The van der Waals surface area contributed by atoms with Crippen molar-refractivity contribution in [3.8, 4) is 0 Å². The standard InChI is InChI=1S/C14H14BrNOS/c1-10-3-5-11(6-4-10)14(17)16(2)8-13-7-12(15)9-18-13/h3-7,9H,8H2,1-2H3. The summed E-state index contributed by atoms with van der Waals surface area (Å²) in [7, 11) is 1.83. The summed E-state index contributed by atoms with van der Waals surface area (Å²) in [5.74, 6) is 0.0551. The molecule has 18 heavy (non-hydrogen) atoms. The van der Waals surface area contributed by atoms with Crippen molar-refractivity contribution < 1.29 is 4.79 Å². The number of carbonyl (C=O) groups is 1. The predicted molar refractivity (Wildman–Crippen MR) is 79.0 cm³/mol. The second-order valence-electron chi connectivity index (χ2n) is 4.26. The van der Waals surface area contributed by atoms with Crippen LogP contribution in [0.2, 0.25) is 0 Å². The Morgan fingerprint density at radius 2 is 2.00 bits per heavy atom. The fourth-order valence-corrected chi connectivity index (χ4v) is 3.16. The molecule has 1 heterocycles. The summed E-state index contributed by atoms with van der Waals surface area (Å²) in [6.45, 7) is 2.66. The van der Waals surface area contributed by atoms with Crippen molar-refractivity contribution in [1.29, 1.82) is 0 Å². The maximum absolute atomic E-state index is 12.2. The van der Waals surface area contributed by atoms with Crippen LogP contribution >= 0.6 is 27.3 Å². The third-order valence-corrected chi connectivity index (χ3v) is 4.34. The van der Waals surface area contributed by atoms with E-state index in [1.807, 2.05) is 49.7 Å². The number of amides is 1. The summed E-state index contributed by atoms with van der Waals surface area (Å²) in [5, 5.41) is 2.03. The lowest BCUT2D eigenvalue weighted by Crippen LogP contribution is -2.25. The Balaban J connectivity index is 2.07. The number of carbonyl (C=O) groups excluding carboxylic acids is 1. The third-order valence-electron chi connectivity index (χ3n) is 2.66. The van der Waals surface area contributed by atoms with Gasteiger partial charge in [-0.25, -0.2) is 0 Å². The van der Waals surface area contributed by atoms with Crippen LogP contribution < -0.4 is 0 Å². The van der Waals surface area contributed by atoms with Crippen molar-refractivity contribution in [1.82, 2.24) is 4.90 Å². The van der Waals surface area contributed by atoms with E-state index in [-0.39, 0.29) is 5.91 Å². The highest BCUT2D eigenvalue weighted by atomic mass is 79.9. The van der Waals surface area contributed by atoms with E-state index in [9.17, 15) is 4.79 Å². The molecule has 2 aromatic rings. The van der Waals surface area contributed by atoms with E-state index in [2.05, 4.69) is 15.9 Å².